The van der Waals surface area contributed by atoms with E-state index in [0.29, 0.717) is 13.1 Å². The number of rotatable bonds is 5. The molecule has 1 saturated heterocycles. The summed E-state index contributed by atoms with van der Waals surface area (Å²) in [7, 11) is 0. The first-order chi connectivity index (χ1) is 12.3. The summed E-state index contributed by atoms with van der Waals surface area (Å²) in [5.74, 6) is -0.0819. The molecule has 0 N–H and O–H groups in total. The molecule has 26 heavy (non-hydrogen) atoms. The third kappa shape index (κ3) is 6.21. The number of amides is 1. The monoisotopic (exact) mass is 359 g/mol. The number of hydrogen-bond acceptors (Lipinski definition) is 4. The van der Waals surface area contributed by atoms with Crippen LogP contribution in [0.25, 0.3) is 0 Å². The maximum atomic E-state index is 12.2. The molecule has 1 aromatic rings. The molecule has 1 amide bonds. The lowest BCUT2D eigenvalue weighted by Crippen LogP contribution is -2.44. The van der Waals surface area contributed by atoms with Crippen LogP contribution in [0.2, 0.25) is 0 Å². The van der Waals surface area contributed by atoms with Crippen molar-refractivity contribution in [2.45, 2.75) is 51.7 Å². The second-order valence-electron chi connectivity index (χ2n) is 7.66. The number of benzene rings is 1. The van der Waals surface area contributed by atoms with Gasteiger partial charge in [0.1, 0.15) is 11.7 Å². The van der Waals surface area contributed by atoms with Gasteiger partial charge in [-0.3, -0.25) is 4.79 Å². The van der Waals surface area contributed by atoms with Crippen molar-refractivity contribution in [2.75, 3.05) is 13.1 Å². The molecule has 1 aliphatic rings. The zero-order valence-electron chi connectivity index (χ0n) is 15.9. The number of carbonyl (C=O) groups is 2. The van der Waals surface area contributed by atoms with Crippen LogP contribution in [-0.2, 0) is 20.7 Å². The molecule has 0 unspecified atom stereocenters. The van der Waals surface area contributed by atoms with Crippen molar-refractivity contribution >= 4 is 12.1 Å². The molecule has 1 heterocycles. The van der Waals surface area contributed by atoms with E-state index in [2.05, 4.69) is 6.58 Å². The molecule has 1 aliphatic heterocycles. The van der Waals surface area contributed by atoms with Gasteiger partial charge in [-0.05, 0) is 39.2 Å². The van der Waals surface area contributed by atoms with Crippen molar-refractivity contribution < 1.29 is 19.1 Å². The zero-order chi connectivity index (χ0) is 19.2. The molecule has 1 atom stereocenters. The molecule has 2 rings (SSSR count). The van der Waals surface area contributed by atoms with Gasteiger partial charge in [0.15, 0.2) is 0 Å². The molecular weight excluding hydrogens is 330 g/mol. The molecule has 142 valence electrons. The minimum absolute atomic E-state index is 0.172. The van der Waals surface area contributed by atoms with Gasteiger partial charge in [-0.2, -0.15) is 0 Å². The van der Waals surface area contributed by atoms with E-state index in [9.17, 15) is 9.59 Å². The van der Waals surface area contributed by atoms with Crippen molar-refractivity contribution in [3.63, 3.8) is 0 Å². The number of piperidine rings is 1. The summed E-state index contributed by atoms with van der Waals surface area (Å²) in [4.78, 5) is 26.1. The quantitative estimate of drug-likeness (QED) is 0.589. The zero-order valence-corrected chi connectivity index (χ0v) is 15.9. The van der Waals surface area contributed by atoms with Gasteiger partial charge in [0.05, 0.1) is 6.42 Å². The van der Waals surface area contributed by atoms with Crippen molar-refractivity contribution in [3.05, 3.63) is 48.6 Å². The predicted molar refractivity (Wildman–Crippen MR) is 101 cm³/mol. The topological polar surface area (TPSA) is 55.8 Å². The molecule has 0 saturated carbocycles. The maximum Gasteiger partial charge on any atom is 0.410 e. The van der Waals surface area contributed by atoms with E-state index in [4.69, 9.17) is 9.47 Å². The van der Waals surface area contributed by atoms with Gasteiger partial charge < -0.3 is 14.4 Å². The Hall–Kier alpha value is -2.30. The summed E-state index contributed by atoms with van der Waals surface area (Å²) in [5, 5.41) is 0. The second kappa shape index (κ2) is 8.88. The lowest BCUT2D eigenvalue weighted by molar-refractivity contribution is -0.149. The van der Waals surface area contributed by atoms with E-state index in [1.165, 1.54) is 0 Å². The standard InChI is InChI=1S/C21H29NO4/c1-5-18(25-19(23)15-16-9-7-6-8-10-16)17-11-13-22(14-12-17)20(24)26-21(2,3)4/h5-10,17-18H,1,11-15H2,2-4H3/t18-/m1/s1. The van der Waals surface area contributed by atoms with Crippen LogP contribution < -0.4 is 0 Å². The van der Waals surface area contributed by atoms with Gasteiger partial charge in [0.25, 0.3) is 0 Å². The Labute approximate surface area is 156 Å². The lowest BCUT2D eigenvalue weighted by atomic mass is 9.91. The molecule has 0 spiro atoms. The average Bonchev–Trinajstić information content (AvgIpc) is 2.59. The minimum Gasteiger partial charge on any atom is -0.458 e. The fourth-order valence-electron chi connectivity index (χ4n) is 3.03. The molecular formula is C21H29NO4. The Kier molecular flexibility index (Phi) is 6.83. The Morgan fingerprint density at radius 1 is 1.23 bits per heavy atom. The highest BCUT2D eigenvalue weighted by molar-refractivity contribution is 5.73. The highest BCUT2D eigenvalue weighted by Crippen LogP contribution is 2.25. The molecule has 0 aliphatic carbocycles. The number of likely N-dealkylation sites (tertiary alicyclic amines) is 1. The highest BCUT2D eigenvalue weighted by Gasteiger charge is 2.31. The van der Waals surface area contributed by atoms with E-state index >= 15 is 0 Å². The van der Waals surface area contributed by atoms with Gasteiger partial charge in [0.2, 0.25) is 0 Å². The van der Waals surface area contributed by atoms with Crippen LogP contribution in [0.3, 0.4) is 0 Å². The van der Waals surface area contributed by atoms with Gasteiger partial charge in [-0.1, -0.05) is 43.0 Å². The molecule has 5 nitrogen and oxygen atoms in total. The Bertz CT molecular complexity index is 613. The van der Waals surface area contributed by atoms with Crippen molar-refractivity contribution in [1.29, 1.82) is 0 Å². The Morgan fingerprint density at radius 3 is 2.38 bits per heavy atom. The third-order valence-corrected chi connectivity index (χ3v) is 4.35. The molecule has 0 bridgehead atoms. The lowest BCUT2D eigenvalue weighted by Gasteiger charge is -2.35. The maximum absolute atomic E-state index is 12.2. The number of esters is 1. The van der Waals surface area contributed by atoms with Gasteiger partial charge >= 0.3 is 12.1 Å². The number of hydrogen-bond donors (Lipinski definition) is 0. The van der Waals surface area contributed by atoms with Crippen LogP contribution in [0.5, 0.6) is 0 Å². The van der Waals surface area contributed by atoms with Crippen LogP contribution >= 0.6 is 0 Å². The Morgan fingerprint density at radius 2 is 1.85 bits per heavy atom. The normalized spacial score (nSPS) is 16.7. The fraction of sp³-hybridized carbons (Fsp3) is 0.524. The summed E-state index contributed by atoms with van der Waals surface area (Å²) < 4.78 is 11.0. The Balaban J connectivity index is 1.83. The second-order valence-corrected chi connectivity index (χ2v) is 7.66. The van der Waals surface area contributed by atoms with E-state index in [-0.39, 0.29) is 30.5 Å². The highest BCUT2D eigenvalue weighted by atomic mass is 16.6. The SMILES string of the molecule is C=C[C@@H](OC(=O)Cc1ccccc1)C1CCN(C(=O)OC(C)(C)C)CC1. The first-order valence-corrected chi connectivity index (χ1v) is 9.12. The van der Waals surface area contributed by atoms with E-state index in [0.717, 1.165) is 18.4 Å². The molecule has 1 fully saturated rings. The van der Waals surface area contributed by atoms with Crippen LogP contribution in [-0.4, -0.2) is 41.8 Å². The molecule has 0 aromatic heterocycles. The van der Waals surface area contributed by atoms with E-state index < -0.39 is 5.60 Å². The largest absolute Gasteiger partial charge is 0.458 e. The first kappa shape index (κ1) is 20.0. The molecule has 5 heteroatoms. The van der Waals surface area contributed by atoms with Gasteiger partial charge in [-0.15, -0.1) is 0 Å². The summed E-state index contributed by atoms with van der Waals surface area (Å²) >= 11 is 0. The first-order valence-electron chi connectivity index (χ1n) is 9.12. The number of nitrogens with zero attached hydrogens (tertiary/aromatic N) is 1. The minimum atomic E-state index is -0.495. The summed E-state index contributed by atoms with van der Waals surface area (Å²) in [6.07, 6.45) is 2.85. The predicted octanol–water partition coefficient (Wildman–Crippen LogP) is 3.97. The van der Waals surface area contributed by atoms with E-state index in [1.807, 2.05) is 51.1 Å². The average molecular weight is 359 g/mol. The summed E-state index contributed by atoms with van der Waals surface area (Å²) in [5.41, 5.74) is 0.435. The fourth-order valence-corrected chi connectivity index (χ4v) is 3.03. The molecule has 1 aromatic carbocycles. The van der Waals surface area contributed by atoms with Crippen LogP contribution in [0.1, 0.15) is 39.2 Å². The smallest absolute Gasteiger partial charge is 0.410 e. The van der Waals surface area contributed by atoms with Crippen molar-refractivity contribution in [1.82, 2.24) is 4.90 Å². The summed E-state index contributed by atoms with van der Waals surface area (Å²) in [6.45, 7) is 10.6. The van der Waals surface area contributed by atoms with Gasteiger partial charge in [0, 0.05) is 19.0 Å². The third-order valence-electron chi connectivity index (χ3n) is 4.35. The van der Waals surface area contributed by atoms with Crippen LogP contribution in [0.15, 0.2) is 43.0 Å². The van der Waals surface area contributed by atoms with Crippen LogP contribution in [0.4, 0.5) is 4.79 Å². The van der Waals surface area contributed by atoms with Crippen molar-refractivity contribution in [3.8, 4) is 0 Å². The van der Waals surface area contributed by atoms with E-state index in [1.54, 1.807) is 11.0 Å². The molecule has 0 radical (unpaired) electrons. The number of carbonyl (C=O) groups excluding carboxylic acids is 2. The van der Waals surface area contributed by atoms with Gasteiger partial charge in [-0.25, -0.2) is 4.79 Å². The summed E-state index contributed by atoms with van der Waals surface area (Å²) in [6, 6.07) is 9.53. The van der Waals surface area contributed by atoms with Crippen LogP contribution in [0, 0.1) is 5.92 Å². The van der Waals surface area contributed by atoms with Crippen molar-refractivity contribution in [2.24, 2.45) is 5.92 Å². The number of ether oxygens (including phenoxy) is 2.